The molecule has 1 aliphatic heterocycles. The molecule has 0 bridgehead atoms. The standard InChI is InChI=1S/C16H21ClN4O3/c1-4-19(16(24)18(2)3)9-14(22)20-10-15(23)21(11-20)13-7-5-12(17)6-8-13/h5-8H,4,9-11H2,1-3H3. The van der Waals surface area contributed by atoms with Crippen molar-refractivity contribution in [3.8, 4) is 0 Å². The lowest BCUT2D eigenvalue weighted by Crippen LogP contribution is -2.46. The van der Waals surface area contributed by atoms with Gasteiger partial charge >= 0.3 is 6.03 Å². The third-order valence-electron chi connectivity index (χ3n) is 3.79. The van der Waals surface area contributed by atoms with Crippen LogP contribution in [0.25, 0.3) is 0 Å². The summed E-state index contributed by atoms with van der Waals surface area (Å²) in [6.45, 7) is 2.37. The molecular formula is C16H21ClN4O3. The van der Waals surface area contributed by atoms with Gasteiger partial charge in [-0.3, -0.25) is 14.5 Å². The molecule has 1 saturated heterocycles. The summed E-state index contributed by atoms with van der Waals surface area (Å²) in [5.41, 5.74) is 0.691. The van der Waals surface area contributed by atoms with E-state index in [2.05, 4.69) is 0 Å². The van der Waals surface area contributed by atoms with Crippen LogP contribution in [0.2, 0.25) is 5.02 Å². The molecule has 1 heterocycles. The topological polar surface area (TPSA) is 64.2 Å². The molecule has 0 radical (unpaired) electrons. The molecule has 0 atom stereocenters. The molecule has 0 spiro atoms. The van der Waals surface area contributed by atoms with Crippen molar-refractivity contribution < 1.29 is 14.4 Å². The largest absolute Gasteiger partial charge is 0.331 e. The second kappa shape index (κ2) is 7.53. The van der Waals surface area contributed by atoms with Crippen molar-refractivity contribution in [3.63, 3.8) is 0 Å². The van der Waals surface area contributed by atoms with Gasteiger partial charge in [-0.25, -0.2) is 4.79 Å². The molecule has 1 aliphatic rings. The van der Waals surface area contributed by atoms with E-state index < -0.39 is 0 Å². The molecule has 0 saturated carbocycles. The van der Waals surface area contributed by atoms with Crippen molar-refractivity contribution in [3.05, 3.63) is 29.3 Å². The van der Waals surface area contributed by atoms with Crippen molar-refractivity contribution in [1.82, 2.24) is 14.7 Å². The van der Waals surface area contributed by atoms with Crippen LogP contribution in [-0.4, -0.2) is 72.9 Å². The number of halogens is 1. The number of likely N-dealkylation sites (N-methyl/N-ethyl adjacent to an activating group) is 1. The number of amides is 4. The molecule has 0 aliphatic carbocycles. The minimum absolute atomic E-state index is 0.00910. The molecule has 2 rings (SSSR count). The van der Waals surface area contributed by atoms with Gasteiger partial charge in [0.2, 0.25) is 11.8 Å². The van der Waals surface area contributed by atoms with Crippen molar-refractivity contribution >= 4 is 35.1 Å². The monoisotopic (exact) mass is 352 g/mol. The number of hydrogen-bond acceptors (Lipinski definition) is 3. The van der Waals surface area contributed by atoms with E-state index in [0.29, 0.717) is 17.3 Å². The second-order valence-corrected chi connectivity index (χ2v) is 6.16. The van der Waals surface area contributed by atoms with E-state index in [-0.39, 0.29) is 37.6 Å². The minimum atomic E-state index is -0.253. The molecule has 1 aromatic rings. The molecule has 7 nitrogen and oxygen atoms in total. The molecule has 0 aromatic heterocycles. The maximum absolute atomic E-state index is 12.4. The Morgan fingerprint density at radius 2 is 1.83 bits per heavy atom. The first-order chi connectivity index (χ1) is 11.3. The van der Waals surface area contributed by atoms with Crippen LogP contribution in [0.3, 0.4) is 0 Å². The van der Waals surface area contributed by atoms with E-state index in [1.54, 1.807) is 38.4 Å². The molecule has 130 valence electrons. The average molecular weight is 353 g/mol. The van der Waals surface area contributed by atoms with Crippen LogP contribution in [0.5, 0.6) is 0 Å². The Bertz CT molecular complexity index is 633. The van der Waals surface area contributed by atoms with Crippen LogP contribution in [0.1, 0.15) is 6.92 Å². The minimum Gasteiger partial charge on any atom is -0.331 e. The summed E-state index contributed by atoms with van der Waals surface area (Å²) < 4.78 is 0. The number of hydrogen-bond donors (Lipinski definition) is 0. The highest BCUT2D eigenvalue weighted by Gasteiger charge is 2.32. The Hall–Kier alpha value is -2.28. The number of urea groups is 1. The molecule has 8 heteroatoms. The van der Waals surface area contributed by atoms with Gasteiger partial charge in [0.05, 0.1) is 0 Å². The van der Waals surface area contributed by atoms with Crippen LogP contribution >= 0.6 is 11.6 Å². The Labute approximate surface area is 146 Å². The average Bonchev–Trinajstić information content (AvgIpc) is 2.94. The number of nitrogens with zero attached hydrogens (tertiary/aromatic N) is 4. The smallest absolute Gasteiger partial charge is 0.319 e. The third kappa shape index (κ3) is 3.97. The zero-order valence-electron chi connectivity index (χ0n) is 14.0. The van der Waals surface area contributed by atoms with Gasteiger partial charge in [-0.05, 0) is 31.2 Å². The fraction of sp³-hybridized carbons (Fsp3) is 0.438. The Morgan fingerprint density at radius 3 is 2.38 bits per heavy atom. The number of anilines is 1. The quantitative estimate of drug-likeness (QED) is 0.824. The fourth-order valence-electron chi connectivity index (χ4n) is 2.42. The Balaban J connectivity index is 2.03. The molecule has 0 unspecified atom stereocenters. The number of benzene rings is 1. The van der Waals surface area contributed by atoms with Gasteiger partial charge in [-0.2, -0.15) is 0 Å². The van der Waals surface area contributed by atoms with Crippen molar-refractivity contribution in [2.75, 3.05) is 45.3 Å². The third-order valence-corrected chi connectivity index (χ3v) is 4.04. The van der Waals surface area contributed by atoms with E-state index in [0.717, 1.165) is 0 Å². The predicted molar refractivity (Wildman–Crippen MR) is 91.8 cm³/mol. The SMILES string of the molecule is CCN(CC(=O)N1CC(=O)N(c2ccc(Cl)cc2)C1)C(=O)N(C)C. The highest BCUT2D eigenvalue weighted by Crippen LogP contribution is 2.21. The molecule has 1 fully saturated rings. The van der Waals surface area contributed by atoms with Crippen LogP contribution in [0.4, 0.5) is 10.5 Å². The number of rotatable bonds is 4. The van der Waals surface area contributed by atoms with E-state index in [4.69, 9.17) is 11.6 Å². The van der Waals surface area contributed by atoms with E-state index in [1.165, 1.54) is 19.6 Å². The van der Waals surface area contributed by atoms with Crippen molar-refractivity contribution in [2.24, 2.45) is 0 Å². The first-order valence-electron chi connectivity index (χ1n) is 7.63. The van der Waals surface area contributed by atoms with Crippen molar-refractivity contribution in [1.29, 1.82) is 0 Å². The van der Waals surface area contributed by atoms with Crippen LogP contribution in [-0.2, 0) is 9.59 Å². The van der Waals surface area contributed by atoms with E-state index >= 15 is 0 Å². The van der Waals surface area contributed by atoms with Gasteiger partial charge in [-0.1, -0.05) is 11.6 Å². The van der Waals surface area contributed by atoms with Gasteiger partial charge in [0.1, 0.15) is 19.8 Å². The van der Waals surface area contributed by atoms with Gasteiger partial charge in [0.15, 0.2) is 0 Å². The maximum atomic E-state index is 12.4. The molecule has 1 aromatic carbocycles. The summed E-state index contributed by atoms with van der Waals surface area (Å²) in [6, 6.07) is 6.64. The van der Waals surface area contributed by atoms with Crippen molar-refractivity contribution in [2.45, 2.75) is 6.92 Å². The number of carbonyl (C=O) groups is 3. The highest BCUT2D eigenvalue weighted by atomic mass is 35.5. The maximum Gasteiger partial charge on any atom is 0.319 e. The summed E-state index contributed by atoms with van der Waals surface area (Å²) in [5, 5.41) is 0.583. The summed E-state index contributed by atoms with van der Waals surface area (Å²) in [5.74, 6) is -0.412. The second-order valence-electron chi connectivity index (χ2n) is 5.72. The number of carbonyl (C=O) groups excluding carboxylic acids is 3. The lowest BCUT2D eigenvalue weighted by Gasteiger charge is -2.26. The Morgan fingerprint density at radius 1 is 1.21 bits per heavy atom. The first-order valence-corrected chi connectivity index (χ1v) is 8.01. The molecular weight excluding hydrogens is 332 g/mol. The van der Waals surface area contributed by atoms with Gasteiger partial charge in [0.25, 0.3) is 0 Å². The fourth-order valence-corrected chi connectivity index (χ4v) is 2.55. The predicted octanol–water partition coefficient (Wildman–Crippen LogP) is 1.48. The molecule has 24 heavy (non-hydrogen) atoms. The molecule has 0 N–H and O–H groups in total. The summed E-state index contributed by atoms with van der Waals surface area (Å²) >= 11 is 5.85. The highest BCUT2D eigenvalue weighted by molar-refractivity contribution is 6.30. The van der Waals surface area contributed by atoms with Gasteiger partial charge < -0.3 is 14.7 Å². The van der Waals surface area contributed by atoms with E-state index in [9.17, 15) is 14.4 Å². The van der Waals surface area contributed by atoms with Crippen LogP contribution in [0, 0.1) is 0 Å². The van der Waals surface area contributed by atoms with Gasteiger partial charge in [0, 0.05) is 31.4 Å². The first kappa shape index (κ1) is 18.1. The Kier molecular flexibility index (Phi) is 5.66. The van der Waals surface area contributed by atoms with Crippen LogP contribution < -0.4 is 4.90 Å². The molecule has 4 amide bonds. The summed E-state index contributed by atoms with van der Waals surface area (Å²) in [7, 11) is 3.27. The lowest BCUT2D eigenvalue weighted by molar-refractivity contribution is -0.132. The zero-order chi connectivity index (χ0) is 17.9. The lowest BCUT2D eigenvalue weighted by atomic mass is 10.3. The normalized spacial score (nSPS) is 14.1. The van der Waals surface area contributed by atoms with E-state index in [1.807, 2.05) is 6.92 Å². The summed E-state index contributed by atoms with van der Waals surface area (Å²) in [4.78, 5) is 42.4. The zero-order valence-corrected chi connectivity index (χ0v) is 14.8. The summed E-state index contributed by atoms with van der Waals surface area (Å²) in [6.07, 6.45) is 0. The van der Waals surface area contributed by atoms with Crippen LogP contribution in [0.15, 0.2) is 24.3 Å². The van der Waals surface area contributed by atoms with Gasteiger partial charge in [-0.15, -0.1) is 0 Å².